The first-order valence-electron chi connectivity index (χ1n) is 8.62. The van der Waals surface area contributed by atoms with Crippen LogP contribution in [0.3, 0.4) is 0 Å². The number of rotatable bonds is 7. The van der Waals surface area contributed by atoms with E-state index in [1.54, 1.807) is 32.9 Å². The van der Waals surface area contributed by atoms with E-state index in [0.717, 1.165) is 18.1 Å². The second-order valence-corrected chi connectivity index (χ2v) is 11.7. The first kappa shape index (κ1) is 21.0. The number of aromatic carboxylic acids is 1. The van der Waals surface area contributed by atoms with Crippen molar-refractivity contribution < 1.29 is 23.9 Å². The minimum absolute atomic E-state index is 0.0424. The highest BCUT2D eigenvalue weighted by Gasteiger charge is 2.32. The van der Waals surface area contributed by atoms with Gasteiger partial charge < -0.3 is 14.3 Å². The molecule has 0 aromatic heterocycles. The van der Waals surface area contributed by atoms with Crippen LogP contribution in [0, 0.1) is 0 Å². The Morgan fingerprint density at radius 2 is 1.68 bits per heavy atom. The molecule has 0 unspecified atom stereocenters. The zero-order valence-electron chi connectivity index (χ0n) is 15.9. The van der Waals surface area contributed by atoms with Gasteiger partial charge in [0, 0.05) is 5.69 Å². The van der Waals surface area contributed by atoms with Gasteiger partial charge in [0.25, 0.3) is 8.32 Å². The molecule has 0 fully saturated rings. The van der Waals surface area contributed by atoms with E-state index >= 15 is 0 Å². The van der Waals surface area contributed by atoms with E-state index in [1.807, 2.05) is 0 Å². The van der Waals surface area contributed by atoms with E-state index < -0.39 is 26.0 Å². The number of carboxylic acid groups (broad SMARTS) is 1. The van der Waals surface area contributed by atoms with Crippen LogP contribution in [0.1, 0.15) is 51.9 Å². The number of carboxylic acids is 1. The second kappa shape index (κ2) is 8.38. The number of anilines is 1. The molecule has 0 bridgehead atoms. The van der Waals surface area contributed by atoms with Crippen molar-refractivity contribution in [2.24, 2.45) is 0 Å². The van der Waals surface area contributed by atoms with Crippen LogP contribution in [-0.2, 0) is 4.74 Å². The van der Waals surface area contributed by atoms with Gasteiger partial charge in [0.2, 0.25) is 0 Å². The Morgan fingerprint density at radius 3 is 2.12 bits per heavy atom. The summed E-state index contributed by atoms with van der Waals surface area (Å²) in [5.41, 5.74) is -0.228. The fourth-order valence-corrected chi connectivity index (χ4v) is 5.06. The highest BCUT2D eigenvalue weighted by Crippen LogP contribution is 2.30. The zero-order chi connectivity index (χ0) is 19.3. The van der Waals surface area contributed by atoms with Crippen LogP contribution in [0.15, 0.2) is 18.2 Å². The van der Waals surface area contributed by atoms with Crippen molar-refractivity contribution in [3.05, 3.63) is 23.8 Å². The van der Waals surface area contributed by atoms with Crippen molar-refractivity contribution in [1.29, 1.82) is 0 Å². The number of ether oxygens (including phenoxy) is 1. The maximum Gasteiger partial charge on any atom is 0.412 e. The summed E-state index contributed by atoms with van der Waals surface area (Å²) >= 11 is 0. The van der Waals surface area contributed by atoms with Crippen LogP contribution < -0.4 is 9.74 Å². The van der Waals surface area contributed by atoms with Crippen LogP contribution in [-0.4, -0.2) is 31.1 Å². The van der Waals surface area contributed by atoms with Gasteiger partial charge in [-0.25, -0.2) is 9.59 Å². The Morgan fingerprint density at radius 1 is 1.12 bits per heavy atom. The summed E-state index contributed by atoms with van der Waals surface area (Å²) in [7, 11) is -1.99. The van der Waals surface area contributed by atoms with E-state index in [1.165, 1.54) is 6.07 Å². The molecule has 1 aromatic carbocycles. The van der Waals surface area contributed by atoms with Crippen molar-refractivity contribution in [2.45, 2.75) is 65.3 Å². The summed E-state index contributed by atoms with van der Waals surface area (Å²) < 4.78 is 11.4. The molecule has 0 spiro atoms. The SMILES string of the molecule is CC[Si](CC)(CC)Oc1ccc(NC(=O)OC(C)(C)C)cc1C(=O)O. The summed E-state index contributed by atoms with van der Waals surface area (Å²) in [5.74, 6) is -0.728. The van der Waals surface area contributed by atoms with E-state index in [0.29, 0.717) is 11.4 Å². The number of hydrogen-bond acceptors (Lipinski definition) is 4. The van der Waals surface area contributed by atoms with Crippen LogP contribution in [0.5, 0.6) is 5.75 Å². The third kappa shape index (κ3) is 6.08. The van der Waals surface area contributed by atoms with E-state index in [9.17, 15) is 14.7 Å². The predicted octanol–water partition coefficient (Wildman–Crippen LogP) is 5.12. The van der Waals surface area contributed by atoms with Gasteiger partial charge in [0.05, 0.1) is 0 Å². The number of carbonyl (C=O) groups is 2. The monoisotopic (exact) mass is 367 g/mol. The Kier molecular flexibility index (Phi) is 7.04. The molecule has 140 valence electrons. The molecule has 0 heterocycles. The average Bonchev–Trinajstić information content (AvgIpc) is 2.52. The zero-order valence-corrected chi connectivity index (χ0v) is 16.9. The molecule has 1 rings (SSSR count). The standard InChI is InChI=1S/C18H29NO5Si/c1-7-25(8-2,9-3)24-15-11-10-13(12-14(15)16(20)21)19-17(22)23-18(4,5)6/h10-12H,7-9H2,1-6H3,(H,19,22)(H,20,21). The molecule has 0 saturated carbocycles. The highest BCUT2D eigenvalue weighted by atomic mass is 28.4. The summed E-state index contributed by atoms with van der Waals surface area (Å²) in [6.45, 7) is 11.5. The Hall–Kier alpha value is -2.02. The fourth-order valence-electron chi connectivity index (χ4n) is 2.49. The number of nitrogens with one attached hydrogen (secondary N) is 1. The van der Waals surface area contributed by atoms with Gasteiger partial charge in [0.1, 0.15) is 16.9 Å². The van der Waals surface area contributed by atoms with Crippen molar-refractivity contribution in [3.8, 4) is 5.75 Å². The first-order chi connectivity index (χ1) is 11.6. The average molecular weight is 368 g/mol. The molecule has 0 aliphatic carbocycles. The van der Waals surface area contributed by atoms with Gasteiger partial charge in [-0.15, -0.1) is 0 Å². The first-order valence-corrected chi connectivity index (χ1v) is 11.1. The van der Waals surface area contributed by atoms with E-state index in [2.05, 4.69) is 26.1 Å². The normalized spacial score (nSPS) is 11.8. The van der Waals surface area contributed by atoms with Crippen molar-refractivity contribution >= 4 is 26.1 Å². The van der Waals surface area contributed by atoms with Gasteiger partial charge >= 0.3 is 12.1 Å². The number of carbonyl (C=O) groups excluding carboxylic acids is 1. The molecular weight excluding hydrogens is 338 g/mol. The van der Waals surface area contributed by atoms with Crippen LogP contribution in [0.25, 0.3) is 0 Å². The Bertz CT molecular complexity index is 612. The molecule has 0 aliphatic heterocycles. The van der Waals surface area contributed by atoms with Crippen molar-refractivity contribution in [1.82, 2.24) is 0 Å². The molecule has 6 nitrogen and oxygen atoms in total. The maximum atomic E-state index is 11.9. The molecule has 0 radical (unpaired) electrons. The lowest BCUT2D eigenvalue weighted by atomic mass is 10.2. The minimum atomic E-state index is -1.99. The molecular formula is C18H29NO5Si. The summed E-state index contributed by atoms with van der Waals surface area (Å²) in [6.07, 6.45) is -0.628. The summed E-state index contributed by atoms with van der Waals surface area (Å²) in [4.78, 5) is 23.5. The molecule has 0 atom stereocenters. The Balaban J connectivity index is 3.08. The molecule has 2 N–H and O–H groups in total. The lowest BCUT2D eigenvalue weighted by molar-refractivity contribution is 0.0632. The largest absolute Gasteiger partial charge is 0.543 e. The number of benzene rings is 1. The molecule has 0 aliphatic rings. The smallest absolute Gasteiger partial charge is 0.412 e. The molecule has 7 heteroatoms. The van der Waals surface area contributed by atoms with Gasteiger partial charge in [-0.3, -0.25) is 5.32 Å². The quantitative estimate of drug-likeness (QED) is 0.654. The third-order valence-corrected chi connectivity index (χ3v) is 8.63. The number of hydrogen-bond donors (Lipinski definition) is 2. The Labute approximate surface area is 150 Å². The van der Waals surface area contributed by atoms with Crippen molar-refractivity contribution in [3.63, 3.8) is 0 Å². The van der Waals surface area contributed by atoms with Gasteiger partial charge in [-0.1, -0.05) is 20.8 Å². The van der Waals surface area contributed by atoms with Crippen LogP contribution in [0.4, 0.5) is 10.5 Å². The van der Waals surface area contributed by atoms with E-state index in [-0.39, 0.29) is 5.56 Å². The summed E-state index contributed by atoms with van der Waals surface area (Å²) in [5, 5.41) is 12.1. The van der Waals surface area contributed by atoms with Gasteiger partial charge in [-0.05, 0) is 57.1 Å². The predicted molar refractivity (Wildman–Crippen MR) is 101 cm³/mol. The van der Waals surface area contributed by atoms with Gasteiger partial charge in [-0.2, -0.15) is 0 Å². The topological polar surface area (TPSA) is 84.9 Å². The van der Waals surface area contributed by atoms with E-state index in [4.69, 9.17) is 9.16 Å². The maximum absolute atomic E-state index is 11.9. The third-order valence-electron chi connectivity index (χ3n) is 4.11. The van der Waals surface area contributed by atoms with Crippen LogP contribution in [0.2, 0.25) is 18.1 Å². The molecule has 1 aromatic rings. The van der Waals surface area contributed by atoms with Crippen LogP contribution >= 0.6 is 0 Å². The minimum Gasteiger partial charge on any atom is -0.543 e. The summed E-state index contributed by atoms with van der Waals surface area (Å²) in [6, 6.07) is 7.39. The lowest BCUT2D eigenvalue weighted by Gasteiger charge is -2.29. The van der Waals surface area contributed by atoms with Crippen molar-refractivity contribution in [2.75, 3.05) is 5.32 Å². The highest BCUT2D eigenvalue weighted by molar-refractivity contribution is 6.74. The molecule has 0 saturated heterocycles. The molecule has 25 heavy (non-hydrogen) atoms. The second-order valence-electron chi connectivity index (χ2n) is 6.99. The number of amides is 1. The fraction of sp³-hybridized carbons (Fsp3) is 0.556. The molecule has 1 amide bonds. The van der Waals surface area contributed by atoms with Gasteiger partial charge in [0.15, 0.2) is 0 Å². The lowest BCUT2D eigenvalue weighted by Crippen LogP contribution is -2.39.